The standard InChI is InChI=1S/C40H46N8O4S/c1-24-7-10-30-19-29(13-14-32(30)48(24)26(3)49)28-11-8-27(9-12-28)22-47(39(50)52-40(4,5)6)23-33-25(2)34-35(53-33)37(46-15-17-51-18-16-46)45-36(44-34)31-20-42-38(41)43-21-31/h8-9,11-14,19-21,24H,7,10,15-18,22-23H2,1-6H3,(H2,41,42,43)/t24-/m0/s1. The maximum Gasteiger partial charge on any atom is 0.410 e. The Balaban J connectivity index is 1.19. The van der Waals surface area contributed by atoms with Crippen molar-refractivity contribution in [3.63, 3.8) is 0 Å². The van der Waals surface area contributed by atoms with E-state index in [9.17, 15) is 9.59 Å². The molecule has 2 aliphatic rings. The van der Waals surface area contributed by atoms with Crippen LogP contribution >= 0.6 is 11.3 Å². The smallest absolute Gasteiger partial charge is 0.410 e. The number of carbonyl (C=O) groups is 2. The van der Waals surface area contributed by atoms with Crippen LogP contribution in [0, 0.1) is 6.92 Å². The number of rotatable bonds is 7. The van der Waals surface area contributed by atoms with Gasteiger partial charge in [-0.3, -0.25) is 9.69 Å². The molecule has 0 spiro atoms. The minimum atomic E-state index is -0.665. The van der Waals surface area contributed by atoms with E-state index in [2.05, 4.69) is 64.3 Å². The number of aromatic nitrogens is 4. The number of morpholine rings is 1. The lowest BCUT2D eigenvalue weighted by Gasteiger charge is -2.34. The van der Waals surface area contributed by atoms with Gasteiger partial charge in [-0.15, -0.1) is 11.3 Å². The minimum absolute atomic E-state index is 0.0689. The molecule has 7 rings (SSSR count). The number of thiophene rings is 1. The third-order valence-electron chi connectivity index (χ3n) is 9.68. The highest BCUT2D eigenvalue weighted by Crippen LogP contribution is 2.39. The van der Waals surface area contributed by atoms with Crippen molar-refractivity contribution in [2.45, 2.75) is 79.1 Å². The van der Waals surface area contributed by atoms with Crippen LogP contribution in [-0.4, -0.2) is 74.8 Å². The molecule has 5 heterocycles. The zero-order valence-electron chi connectivity index (χ0n) is 31.2. The summed E-state index contributed by atoms with van der Waals surface area (Å²) < 4.78 is 12.5. The second-order valence-corrected chi connectivity index (χ2v) is 15.9. The van der Waals surface area contributed by atoms with E-state index >= 15 is 0 Å². The fraction of sp³-hybridized carbons (Fsp3) is 0.400. The molecule has 2 aromatic carbocycles. The molecule has 2 N–H and O–H groups in total. The van der Waals surface area contributed by atoms with E-state index in [1.54, 1.807) is 35.6 Å². The SMILES string of the molecule is CC(=O)N1c2ccc(-c3ccc(CN(Cc4sc5c(N6CCOCC6)nc(-c6cnc(N)nc6)nc5c4C)C(=O)OC(C)(C)C)cc3)cc2CC[C@@H]1C. The molecular formula is C40H46N8O4S. The Morgan fingerprint density at radius 2 is 1.70 bits per heavy atom. The summed E-state index contributed by atoms with van der Waals surface area (Å²) in [4.78, 5) is 51.4. The third-order valence-corrected chi connectivity index (χ3v) is 10.9. The molecule has 2 aliphatic heterocycles. The van der Waals surface area contributed by atoms with Gasteiger partial charge in [-0.1, -0.05) is 30.3 Å². The van der Waals surface area contributed by atoms with Gasteiger partial charge in [0.2, 0.25) is 11.9 Å². The number of carbonyl (C=O) groups excluding carboxylic acids is 2. The zero-order chi connectivity index (χ0) is 37.4. The summed E-state index contributed by atoms with van der Waals surface area (Å²) in [6.45, 7) is 14.7. The number of ether oxygens (including phenoxy) is 2. The largest absolute Gasteiger partial charge is 0.444 e. The molecule has 276 valence electrons. The molecular weight excluding hydrogens is 689 g/mol. The van der Waals surface area contributed by atoms with Crippen molar-refractivity contribution in [1.82, 2.24) is 24.8 Å². The first-order chi connectivity index (χ1) is 25.3. The number of aryl methyl sites for hydroxylation is 2. The molecule has 1 saturated heterocycles. The average molecular weight is 735 g/mol. The van der Waals surface area contributed by atoms with E-state index < -0.39 is 11.7 Å². The van der Waals surface area contributed by atoms with Crippen LogP contribution in [0.2, 0.25) is 0 Å². The molecule has 1 atom stereocenters. The van der Waals surface area contributed by atoms with Crippen LogP contribution < -0.4 is 15.5 Å². The molecule has 0 radical (unpaired) electrons. The first kappa shape index (κ1) is 36.2. The maximum atomic E-state index is 13.8. The van der Waals surface area contributed by atoms with Crippen molar-refractivity contribution in [2.75, 3.05) is 41.8 Å². The molecule has 13 heteroatoms. The third kappa shape index (κ3) is 7.81. The Hall–Kier alpha value is -5.14. The molecule has 53 heavy (non-hydrogen) atoms. The summed E-state index contributed by atoms with van der Waals surface area (Å²) in [7, 11) is 0. The summed E-state index contributed by atoms with van der Waals surface area (Å²) in [5.74, 6) is 1.60. The van der Waals surface area contributed by atoms with Crippen molar-refractivity contribution in [2.24, 2.45) is 0 Å². The number of fused-ring (bicyclic) bond motifs is 2. The highest BCUT2D eigenvalue weighted by Gasteiger charge is 2.28. The van der Waals surface area contributed by atoms with E-state index in [0.717, 1.165) is 61.7 Å². The Kier molecular flexibility index (Phi) is 10.1. The normalized spacial score (nSPS) is 16.1. The van der Waals surface area contributed by atoms with Gasteiger partial charge >= 0.3 is 6.09 Å². The van der Waals surface area contributed by atoms with E-state index in [1.165, 1.54) is 5.56 Å². The molecule has 0 aliphatic carbocycles. The van der Waals surface area contributed by atoms with Gasteiger partial charge in [-0.25, -0.2) is 24.7 Å². The van der Waals surface area contributed by atoms with Crippen LogP contribution in [-0.2, 0) is 33.8 Å². The summed E-state index contributed by atoms with van der Waals surface area (Å²) in [6, 6.07) is 14.9. The topological polar surface area (TPSA) is 140 Å². The molecule has 12 nitrogen and oxygen atoms in total. The molecule has 1 fully saturated rings. The predicted octanol–water partition coefficient (Wildman–Crippen LogP) is 7.17. The highest BCUT2D eigenvalue weighted by atomic mass is 32.1. The van der Waals surface area contributed by atoms with Gasteiger partial charge in [0.15, 0.2) is 11.6 Å². The first-order valence-corrected chi connectivity index (χ1v) is 18.9. The second kappa shape index (κ2) is 14.7. The lowest BCUT2D eigenvalue weighted by molar-refractivity contribution is -0.117. The lowest BCUT2D eigenvalue weighted by atomic mass is 9.93. The summed E-state index contributed by atoms with van der Waals surface area (Å²) in [6.07, 6.45) is 4.76. The van der Waals surface area contributed by atoms with Crippen molar-refractivity contribution >= 4 is 51.0 Å². The number of amides is 2. The van der Waals surface area contributed by atoms with Gasteiger partial charge in [0.25, 0.3) is 0 Å². The number of nitrogens with zero attached hydrogens (tertiary/aromatic N) is 7. The average Bonchev–Trinajstić information content (AvgIpc) is 3.45. The zero-order valence-corrected chi connectivity index (χ0v) is 32.0. The van der Waals surface area contributed by atoms with Crippen molar-refractivity contribution in [1.29, 1.82) is 0 Å². The van der Waals surface area contributed by atoms with Crippen LogP contribution in [0.5, 0.6) is 0 Å². The molecule has 2 amide bonds. The highest BCUT2D eigenvalue weighted by molar-refractivity contribution is 7.19. The Morgan fingerprint density at radius 1 is 1.00 bits per heavy atom. The van der Waals surface area contributed by atoms with Gasteiger partial charge in [-0.05, 0) is 87.4 Å². The minimum Gasteiger partial charge on any atom is -0.444 e. The molecule has 3 aromatic heterocycles. The Bertz CT molecular complexity index is 2140. The summed E-state index contributed by atoms with van der Waals surface area (Å²) in [5, 5.41) is 0. The second-order valence-electron chi connectivity index (χ2n) is 14.8. The number of nitrogen functional groups attached to an aromatic ring is 1. The van der Waals surface area contributed by atoms with Crippen molar-refractivity contribution in [3.05, 3.63) is 76.4 Å². The maximum absolute atomic E-state index is 13.8. The summed E-state index contributed by atoms with van der Waals surface area (Å²) in [5.41, 5.74) is 12.9. The van der Waals surface area contributed by atoms with Gasteiger partial charge in [0.05, 0.1) is 35.5 Å². The first-order valence-electron chi connectivity index (χ1n) is 18.0. The van der Waals surface area contributed by atoms with Gasteiger partial charge < -0.3 is 25.0 Å². The predicted molar refractivity (Wildman–Crippen MR) is 209 cm³/mol. The van der Waals surface area contributed by atoms with Crippen LogP contribution in [0.25, 0.3) is 32.7 Å². The fourth-order valence-electron chi connectivity index (χ4n) is 6.96. The van der Waals surface area contributed by atoms with Crippen molar-refractivity contribution in [3.8, 4) is 22.5 Å². The Morgan fingerprint density at radius 3 is 2.38 bits per heavy atom. The van der Waals surface area contributed by atoms with E-state index in [0.29, 0.717) is 50.8 Å². The Labute approximate surface area is 314 Å². The van der Waals surface area contributed by atoms with Crippen LogP contribution in [0.3, 0.4) is 0 Å². The number of hydrogen-bond donors (Lipinski definition) is 1. The molecule has 5 aromatic rings. The number of anilines is 3. The fourth-order valence-corrected chi connectivity index (χ4v) is 8.24. The van der Waals surface area contributed by atoms with Crippen LogP contribution in [0.15, 0.2) is 54.9 Å². The van der Waals surface area contributed by atoms with E-state index in [1.807, 2.05) is 32.6 Å². The monoisotopic (exact) mass is 734 g/mol. The van der Waals surface area contributed by atoms with Gasteiger partial charge in [-0.2, -0.15) is 0 Å². The van der Waals surface area contributed by atoms with Crippen LogP contribution in [0.1, 0.15) is 62.6 Å². The van der Waals surface area contributed by atoms with Gasteiger partial charge in [0, 0.05) is 55.6 Å². The van der Waals surface area contributed by atoms with Crippen LogP contribution in [0.4, 0.5) is 22.2 Å². The van der Waals surface area contributed by atoms with E-state index in [-0.39, 0.29) is 17.9 Å². The van der Waals surface area contributed by atoms with E-state index in [4.69, 9.17) is 25.2 Å². The number of nitrogens with two attached hydrogens (primary N) is 1. The molecule has 0 bridgehead atoms. The quantitative estimate of drug-likeness (QED) is 0.183. The molecule has 0 unspecified atom stereocenters. The lowest BCUT2D eigenvalue weighted by Crippen LogP contribution is -2.40. The molecule has 0 saturated carbocycles. The van der Waals surface area contributed by atoms with Crippen molar-refractivity contribution < 1.29 is 19.1 Å². The summed E-state index contributed by atoms with van der Waals surface area (Å²) >= 11 is 1.60. The number of benzene rings is 2. The number of hydrogen-bond acceptors (Lipinski definition) is 11. The van der Waals surface area contributed by atoms with Gasteiger partial charge in [0.1, 0.15) is 5.60 Å².